The van der Waals surface area contributed by atoms with E-state index in [4.69, 9.17) is 5.73 Å². The summed E-state index contributed by atoms with van der Waals surface area (Å²) < 4.78 is 1.15. The first-order chi connectivity index (χ1) is 8.58. The third-order valence-electron chi connectivity index (χ3n) is 3.66. The van der Waals surface area contributed by atoms with E-state index in [1.807, 2.05) is 29.2 Å². The lowest BCUT2D eigenvalue weighted by Gasteiger charge is -2.33. The van der Waals surface area contributed by atoms with Crippen molar-refractivity contribution in [3.63, 3.8) is 0 Å². The average Bonchev–Trinajstić information content (AvgIpc) is 2.39. The number of hydrogen-bond donors (Lipinski definition) is 1. The highest BCUT2D eigenvalue weighted by atomic mass is 127. The highest BCUT2D eigenvalue weighted by molar-refractivity contribution is 14.1. The van der Waals surface area contributed by atoms with E-state index in [0.29, 0.717) is 5.92 Å². The van der Waals surface area contributed by atoms with E-state index >= 15 is 0 Å². The molecule has 1 atom stereocenters. The molecule has 2 rings (SSSR count). The van der Waals surface area contributed by atoms with Crippen LogP contribution in [-0.4, -0.2) is 29.9 Å². The van der Waals surface area contributed by atoms with Crippen LogP contribution in [0.5, 0.6) is 0 Å². The lowest BCUT2D eigenvalue weighted by atomic mass is 9.90. The number of carbonyl (C=O) groups is 1. The molecule has 0 spiro atoms. The van der Waals surface area contributed by atoms with Crippen molar-refractivity contribution in [2.45, 2.75) is 25.8 Å². The molecule has 0 aliphatic carbocycles. The Bertz CT molecular complexity index is 408. The SMILES string of the molecule is CC(N)C1CCN(C(=O)c2ccc(I)cc2)CC1. The fraction of sp³-hybridized carbons (Fsp3) is 0.500. The minimum Gasteiger partial charge on any atom is -0.339 e. The van der Waals surface area contributed by atoms with Crippen molar-refractivity contribution in [3.05, 3.63) is 33.4 Å². The largest absolute Gasteiger partial charge is 0.339 e. The van der Waals surface area contributed by atoms with Gasteiger partial charge in [0.15, 0.2) is 0 Å². The van der Waals surface area contributed by atoms with Crippen molar-refractivity contribution < 1.29 is 4.79 Å². The number of amides is 1. The van der Waals surface area contributed by atoms with Gasteiger partial charge in [0, 0.05) is 28.3 Å². The molecule has 0 aromatic heterocycles. The molecule has 0 radical (unpaired) electrons. The zero-order chi connectivity index (χ0) is 13.1. The maximum absolute atomic E-state index is 12.3. The van der Waals surface area contributed by atoms with Crippen molar-refractivity contribution >= 4 is 28.5 Å². The van der Waals surface area contributed by atoms with Gasteiger partial charge in [-0.15, -0.1) is 0 Å². The Hall–Kier alpha value is -0.620. The van der Waals surface area contributed by atoms with Crippen molar-refractivity contribution in [3.8, 4) is 0 Å². The number of benzene rings is 1. The first kappa shape index (κ1) is 13.8. The Balaban J connectivity index is 1.97. The van der Waals surface area contributed by atoms with Gasteiger partial charge in [-0.1, -0.05) is 0 Å². The molecular weight excluding hydrogens is 339 g/mol. The number of hydrogen-bond acceptors (Lipinski definition) is 2. The summed E-state index contributed by atoms with van der Waals surface area (Å²) in [6.45, 7) is 3.72. The topological polar surface area (TPSA) is 46.3 Å². The van der Waals surface area contributed by atoms with E-state index < -0.39 is 0 Å². The second-order valence-electron chi connectivity index (χ2n) is 5.00. The number of likely N-dealkylation sites (tertiary alicyclic amines) is 1. The molecule has 1 fully saturated rings. The number of halogens is 1. The lowest BCUT2D eigenvalue weighted by Crippen LogP contribution is -2.42. The van der Waals surface area contributed by atoms with Crippen LogP contribution in [0.2, 0.25) is 0 Å². The number of nitrogens with zero attached hydrogens (tertiary/aromatic N) is 1. The summed E-state index contributed by atoms with van der Waals surface area (Å²) >= 11 is 2.25. The number of piperidine rings is 1. The van der Waals surface area contributed by atoms with Gasteiger partial charge in [-0.2, -0.15) is 0 Å². The smallest absolute Gasteiger partial charge is 0.253 e. The van der Waals surface area contributed by atoms with Gasteiger partial charge in [0.2, 0.25) is 0 Å². The third kappa shape index (κ3) is 3.23. The fourth-order valence-electron chi connectivity index (χ4n) is 2.40. The van der Waals surface area contributed by atoms with E-state index in [-0.39, 0.29) is 11.9 Å². The molecule has 98 valence electrons. The van der Waals surface area contributed by atoms with E-state index in [0.717, 1.165) is 35.1 Å². The number of nitrogens with two attached hydrogens (primary N) is 1. The predicted molar refractivity (Wildman–Crippen MR) is 81.4 cm³/mol. The zero-order valence-corrected chi connectivity index (χ0v) is 12.8. The van der Waals surface area contributed by atoms with Crippen LogP contribution < -0.4 is 5.73 Å². The quantitative estimate of drug-likeness (QED) is 0.826. The van der Waals surface area contributed by atoms with Crippen molar-refractivity contribution in [1.29, 1.82) is 0 Å². The maximum atomic E-state index is 12.3. The first-order valence-electron chi connectivity index (χ1n) is 6.38. The Morgan fingerprint density at radius 1 is 1.33 bits per heavy atom. The molecule has 1 aromatic rings. The summed E-state index contributed by atoms with van der Waals surface area (Å²) in [5, 5.41) is 0. The molecule has 4 heteroatoms. The molecule has 1 aromatic carbocycles. The zero-order valence-electron chi connectivity index (χ0n) is 10.6. The van der Waals surface area contributed by atoms with E-state index in [9.17, 15) is 4.79 Å². The van der Waals surface area contributed by atoms with Crippen LogP contribution >= 0.6 is 22.6 Å². The second kappa shape index (κ2) is 6.02. The van der Waals surface area contributed by atoms with Gasteiger partial charge >= 0.3 is 0 Å². The molecule has 1 aliphatic rings. The summed E-state index contributed by atoms with van der Waals surface area (Å²) in [5.41, 5.74) is 6.70. The van der Waals surface area contributed by atoms with Gasteiger partial charge in [-0.3, -0.25) is 4.79 Å². The van der Waals surface area contributed by atoms with Gasteiger partial charge in [-0.25, -0.2) is 0 Å². The summed E-state index contributed by atoms with van der Waals surface area (Å²) in [6.07, 6.45) is 2.04. The second-order valence-corrected chi connectivity index (χ2v) is 6.24. The highest BCUT2D eigenvalue weighted by Crippen LogP contribution is 2.21. The third-order valence-corrected chi connectivity index (χ3v) is 4.38. The molecule has 0 saturated carbocycles. The van der Waals surface area contributed by atoms with Crippen molar-refractivity contribution in [2.75, 3.05) is 13.1 Å². The van der Waals surface area contributed by atoms with Crippen LogP contribution in [0, 0.1) is 9.49 Å². The Morgan fingerprint density at radius 3 is 2.39 bits per heavy atom. The Kier molecular flexibility index (Phi) is 4.61. The van der Waals surface area contributed by atoms with Crippen molar-refractivity contribution in [1.82, 2.24) is 4.90 Å². The Morgan fingerprint density at radius 2 is 1.89 bits per heavy atom. The van der Waals surface area contributed by atoms with Crippen LogP contribution in [0.15, 0.2) is 24.3 Å². The summed E-state index contributed by atoms with van der Waals surface area (Å²) in [5.74, 6) is 0.709. The molecule has 1 heterocycles. The van der Waals surface area contributed by atoms with Gasteiger partial charge in [0.25, 0.3) is 5.91 Å². The van der Waals surface area contributed by atoms with Crippen LogP contribution in [0.25, 0.3) is 0 Å². The predicted octanol–water partition coefficient (Wildman–Crippen LogP) is 2.49. The highest BCUT2D eigenvalue weighted by Gasteiger charge is 2.25. The van der Waals surface area contributed by atoms with Crippen LogP contribution in [0.1, 0.15) is 30.1 Å². The molecule has 1 aliphatic heterocycles. The summed E-state index contributed by atoms with van der Waals surface area (Å²) in [7, 11) is 0. The van der Waals surface area contributed by atoms with Crippen LogP contribution in [0.3, 0.4) is 0 Å². The van der Waals surface area contributed by atoms with E-state index in [1.165, 1.54) is 0 Å². The lowest BCUT2D eigenvalue weighted by molar-refractivity contribution is 0.0681. The molecule has 0 bridgehead atoms. The molecule has 1 saturated heterocycles. The monoisotopic (exact) mass is 358 g/mol. The maximum Gasteiger partial charge on any atom is 0.253 e. The first-order valence-corrected chi connectivity index (χ1v) is 7.46. The van der Waals surface area contributed by atoms with E-state index in [2.05, 4.69) is 29.5 Å². The standard InChI is InChI=1S/C14H19IN2O/c1-10(16)11-6-8-17(9-7-11)14(18)12-2-4-13(15)5-3-12/h2-5,10-11H,6-9,16H2,1H3. The van der Waals surface area contributed by atoms with Crippen molar-refractivity contribution in [2.24, 2.45) is 11.7 Å². The average molecular weight is 358 g/mol. The molecule has 2 N–H and O–H groups in total. The minimum atomic E-state index is 0.148. The molecule has 3 nitrogen and oxygen atoms in total. The van der Waals surface area contributed by atoms with E-state index in [1.54, 1.807) is 0 Å². The normalized spacial score (nSPS) is 18.7. The summed E-state index contributed by atoms with van der Waals surface area (Å²) in [4.78, 5) is 14.2. The fourth-order valence-corrected chi connectivity index (χ4v) is 2.76. The van der Waals surface area contributed by atoms with Crippen LogP contribution in [0.4, 0.5) is 0 Å². The van der Waals surface area contributed by atoms with Gasteiger partial charge in [0.05, 0.1) is 0 Å². The van der Waals surface area contributed by atoms with Crippen LogP contribution in [-0.2, 0) is 0 Å². The van der Waals surface area contributed by atoms with Gasteiger partial charge in [-0.05, 0) is 72.5 Å². The molecule has 18 heavy (non-hydrogen) atoms. The summed E-state index contributed by atoms with van der Waals surface area (Å²) in [6, 6.07) is 8.00. The molecule has 1 unspecified atom stereocenters. The van der Waals surface area contributed by atoms with Gasteiger partial charge in [0.1, 0.15) is 0 Å². The molecule has 1 amide bonds. The Labute approximate surface area is 122 Å². The van der Waals surface area contributed by atoms with Gasteiger partial charge < -0.3 is 10.6 Å². The number of rotatable bonds is 2. The minimum absolute atomic E-state index is 0.148. The molecular formula is C14H19IN2O. The number of carbonyl (C=O) groups excluding carboxylic acids is 1.